The zero-order valence-electron chi connectivity index (χ0n) is 18.3. The van der Waals surface area contributed by atoms with Crippen molar-refractivity contribution in [3.63, 3.8) is 0 Å². The number of hydrogen-bond donors (Lipinski definition) is 2. The molecule has 0 bridgehead atoms. The van der Waals surface area contributed by atoms with Crippen LogP contribution in [-0.4, -0.2) is 41.2 Å². The number of alkyl halides is 3. The first-order valence-corrected chi connectivity index (χ1v) is 10.3. The summed E-state index contributed by atoms with van der Waals surface area (Å²) in [6.45, 7) is 1.79. The van der Waals surface area contributed by atoms with Crippen LogP contribution in [0.3, 0.4) is 0 Å². The van der Waals surface area contributed by atoms with Gasteiger partial charge in [0.15, 0.2) is 5.69 Å². The second-order valence-corrected chi connectivity index (χ2v) is 8.00. The van der Waals surface area contributed by atoms with Gasteiger partial charge in [0.2, 0.25) is 5.91 Å². The van der Waals surface area contributed by atoms with E-state index in [9.17, 15) is 22.8 Å². The maximum absolute atomic E-state index is 13.0. The van der Waals surface area contributed by atoms with E-state index in [1.54, 1.807) is 25.7 Å². The van der Waals surface area contributed by atoms with Crippen LogP contribution in [0.25, 0.3) is 0 Å². The highest BCUT2D eigenvalue weighted by Gasteiger charge is 2.37. The monoisotopic (exact) mass is 464 g/mol. The highest BCUT2D eigenvalue weighted by atomic mass is 19.4. The Morgan fingerprint density at radius 1 is 1.09 bits per heavy atom. The van der Waals surface area contributed by atoms with Gasteiger partial charge >= 0.3 is 6.18 Å². The van der Waals surface area contributed by atoms with Gasteiger partial charge in [-0.2, -0.15) is 28.5 Å². The van der Waals surface area contributed by atoms with E-state index in [4.69, 9.17) is 0 Å². The van der Waals surface area contributed by atoms with Crippen molar-refractivity contribution < 1.29 is 22.8 Å². The van der Waals surface area contributed by atoms with Gasteiger partial charge in [0.1, 0.15) is 5.69 Å². The van der Waals surface area contributed by atoms with Crippen LogP contribution in [0.2, 0.25) is 0 Å². The molecule has 0 spiro atoms. The summed E-state index contributed by atoms with van der Waals surface area (Å²) in [5, 5.41) is 17.1. The van der Waals surface area contributed by atoms with Crippen molar-refractivity contribution in [1.82, 2.24) is 29.3 Å². The summed E-state index contributed by atoms with van der Waals surface area (Å²) in [4.78, 5) is 25.3. The predicted octanol–water partition coefficient (Wildman–Crippen LogP) is 2.84. The molecule has 1 aliphatic carbocycles. The van der Waals surface area contributed by atoms with E-state index >= 15 is 0 Å². The lowest BCUT2D eigenvalue weighted by atomic mass is 10.2. The third kappa shape index (κ3) is 4.76. The lowest BCUT2D eigenvalue weighted by Gasteiger charge is -2.10. The maximum Gasteiger partial charge on any atom is 0.435 e. The quantitative estimate of drug-likeness (QED) is 0.559. The molecular weight excluding hydrogens is 441 g/mol. The van der Waals surface area contributed by atoms with E-state index in [0.717, 1.165) is 24.6 Å². The van der Waals surface area contributed by atoms with Gasteiger partial charge in [0, 0.05) is 38.7 Å². The molecule has 176 valence electrons. The Labute approximate surface area is 186 Å². The number of carbonyl (C=O) groups excluding carboxylic acids is 2. The van der Waals surface area contributed by atoms with Gasteiger partial charge in [-0.05, 0) is 25.8 Å². The SMILES string of the molecule is Cc1c(NC(=O)c2c(NC(=O)CCn3nc(C(F)(F)F)cc3C3CC3)cnn2C)cnn1C. The maximum atomic E-state index is 13.0. The molecule has 33 heavy (non-hydrogen) atoms. The molecule has 13 heteroatoms. The van der Waals surface area contributed by atoms with Crippen molar-refractivity contribution in [2.75, 3.05) is 10.6 Å². The van der Waals surface area contributed by atoms with Crippen LogP contribution >= 0.6 is 0 Å². The number of rotatable bonds is 7. The number of carbonyl (C=O) groups is 2. The van der Waals surface area contributed by atoms with Crippen molar-refractivity contribution >= 4 is 23.2 Å². The first-order valence-electron chi connectivity index (χ1n) is 10.3. The lowest BCUT2D eigenvalue weighted by Crippen LogP contribution is -2.21. The Kier molecular flexibility index (Phi) is 5.72. The molecule has 0 radical (unpaired) electrons. The summed E-state index contributed by atoms with van der Waals surface area (Å²) in [6, 6.07) is 1.06. The van der Waals surface area contributed by atoms with Gasteiger partial charge in [-0.25, -0.2) is 0 Å². The third-order valence-corrected chi connectivity index (χ3v) is 5.56. The van der Waals surface area contributed by atoms with Crippen LogP contribution in [0.4, 0.5) is 24.5 Å². The van der Waals surface area contributed by atoms with Crippen molar-refractivity contribution in [3.05, 3.63) is 41.2 Å². The van der Waals surface area contributed by atoms with Crippen LogP contribution in [0.1, 0.15) is 52.8 Å². The van der Waals surface area contributed by atoms with Crippen molar-refractivity contribution in [2.24, 2.45) is 14.1 Å². The molecule has 3 aromatic heterocycles. The Morgan fingerprint density at radius 2 is 1.76 bits per heavy atom. The van der Waals surface area contributed by atoms with Gasteiger partial charge in [0.05, 0.1) is 29.5 Å². The number of halogens is 3. The smallest absolute Gasteiger partial charge is 0.323 e. The fourth-order valence-corrected chi connectivity index (χ4v) is 3.48. The highest BCUT2D eigenvalue weighted by Crippen LogP contribution is 2.42. The van der Waals surface area contributed by atoms with Crippen LogP contribution < -0.4 is 10.6 Å². The molecule has 0 saturated heterocycles. The second kappa shape index (κ2) is 8.37. The third-order valence-electron chi connectivity index (χ3n) is 5.56. The summed E-state index contributed by atoms with van der Waals surface area (Å²) >= 11 is 0. The molecule has 3 heterocycles. The minimum Gasteiger partial charge on any atom is -0.323 e. The van der Waals surface area contributed by atoms with Crippen LogP contribution in [0, 0.1) is 6.92 Å². The molecule has 1 aliphatic rings. The van der Waals surface area contributed by atoms with Gasteiger partial charge in [-0.3, -0.25) is 23.6 Å². The molecule has 2 N–H and O–H groups in total. The minimum absolute atomic E-state index is 0.00951. The number of anilines is 2. The molecule has 0 aliphatic heterocycles. The van der Waals surface area contributed by atoms with Crippen molar-refractivity contribution in [2.45, 2.75) is 44.8 Å². The molecule has 0 aromatic carbocycles. The van der Waals surface area contributed by atoms with E-state index in [0.29, 0.717) is 11.4 Å². The molecule has 1 saturated carbocycles. The van der Waals surface area contributed by atoms with Crippen LogP contribution in [0.5, 0.6) is 0 Å². The van der Waals surface area contributed by atoms with E-state index in [2.05, 4.69) is 25.9 Å². The Bertz CT molecular complexity index is 1200. The number of amides is 2. The molecule has 2 amide bonds. The van der Waals surface area contributed by atoms with E-state index in [-0.39, 0.29) is 30.3 Å². The molecule has 0 atom stereocenters. The highest BCUT2D eigenvalue weighted by molar-refractivity contribution is 6.09. The number of nitrogens with one attached hydrogen (secondary N) is 2. The number of hydrogen-bond acceptors (Lipinski definition) is 5. The van der Waals surface area contributed by atoms with E-state index in [1.165, 1.54) is 21.8 Å². The normalized spacial score (nSPS) is 13.9. The number of aryl methyl sites for hydroxylation is 3. The van der Waals surface area contributed by atoms with Gasteiger partial charge in [-0.15, -0.1) is 0 Å². The lowest BCUT2D eigenvalue weighted by molar-refractivity contribution is -0.141. The molecule has 0 unspecified atom stereocenters. The first kappa shape index (κ1) is 22.6. The Morgan fingerprint density at radius 3 is 2.36 bits per heavy atom. The summed E-state index contributed by atoms with van der Waals surface area (Å²) in [6.07, 6.45) is -0.190. The van der Waals surface area contributed by atoms with Gasteiger partial charge < -0.3 is 10.6 Å². The standard InChI is InChI=1S/C20H23F3N8O2/c1-11-13(9-24-29(11)2)27-19(33)18-14(10-25-30(18)3)26-17(32)6-7-31-15(12-4-5-12)8-16(28-31)20(21,22)23/h8-10,12H,4-7H2,1-3H3,(H,26,32)(H,27,33). The van der Waals surface area contributed by atoms with Gasteiger partial charge in [0.25, 0.3) is 5.91 Å². The average Bonchev–Trinajstić information content (AvgIpc) is 3.27. The summed E-state index contributed by atoms with van der Waals surface area (Å²) in [5.74, 6) is -0.916. The summed E-state index contributed by atoms with van der Waals surface area (Å²) in [5.41, 5.74) is 1.13. The zero-order valence-corrected chi connectivity index (χ0v) is 18.3. The molecule has 1 fully saturated rings. The Balaban J connectivity index is 1.43. The summed E-state index contributed by atoms with van der Waals surface area (Å²) < 4.78 is 43.3. The fraction of sp³-hybridized carbons (Fsp3) is 0.450. The topological polar surface area (TPSA) is 112 Å². The number of nitrogens with zero attached hydrogens (tertiary/aromatic N) is 6. The van der Waals surface area contributed by atoms with E-state index < -0.39 is 23.7 Å². The van der Waals surface area contributed by atoms with E-state index in [1.807, 2.05) is 0 Å². The predicted molar refractivity (Wildman–Crippen MR) is 112 cm³/mol. The average molecular weight is 464 g/mol. The molecule has 3 aromatic rings. The van der Waals surface area contributed by atoms with Crippen molar-refractivity contribution in [3.8, 4) is 0 Å². The zero-order chi connectivity index (χ0) is 23.9. The first-order chi connectivity index (χ1) is 15.5. The molecule has 10 nitrogen and oxygen atoms in total. The Hall–Kier alpha value is -3.64. The summed E-state index contributed by atoms with van der Waals surface area (Å²) in [7, 11) is 3.30. The van der Waals surface area contributed by atoms with Gasteiger partial charge in [-0.1, -0.05) is 0 Å². The molecular formula is C20H23F3N8O2. The second-order valence-electron chi connectivity index (χ2n) is 8.00. The largest absolute Gasteiger partial charge is 0.435 e. The fourth-order valence-electron chi connectivity index (χ4n) is 3.48. The van der Waals surface area contributed by atoms with Crippen molar-refractivity contribution in [1.29, 1.82) is 0 Å². The van der Waals surface area contributed by atoms with Crippen LogP contribution in [0.15, 0.2) is 18.5 Å². The van der Waals surface area contributed by atoms with Crippen LogP contribution in [-0.2, 0) is 31.6 Å². The number of aromatic nitrogens is 6. The molecule has 4 rings (SSSR count). The minimum atomic E-state index is -4.54.